The maximum absolute atomic E-state index is 5.53. The Bertz CT molecular complexity index is 89.1. The van der Waals surface area contributed by atoms with Gasteiger partial charge in [-0.2, -0.15) is 0 Å². The molecule has 1 nitrogen and oxygen atoms in total. The van der Waals surface area contributed by atoms with Crippen LogP contribution in [0.1, 0.15) is 20.3 Å². The van der Waals surface area contributed by atoms with Crippen LogP contribution in [0.15, 0.2) is 0 Å². The predicted molar refractivity (Wildman–Crippen MR) is 45.1 cm³/mol. The first-order chi connectivity index (χ1) is 4.33. The summed E-state index contributed by atoms with van der Waals surface area (Å²) in [5, 5.41) is 0.838. The molecule has 3 heteroatoms. The van der Waals surface area contributed by atoms with Crippen LogP contribution in [-0.4, -0.2) is 18.0 Å². The molecule has 0 N–H and O–H groups in total. The molecule has 1 heterocycles. The van der Waals surface area contributed by atoms with Gasteiger partial charge in [0.1, 0.15) is 0 Å². The van der Waals surface area contributed by atoms with E-state index in [2.05, 4.69) is 13.8 Å². The fraction of sp³-hybridized carbons (Fsp3) is 1.00. The molecule has 1 aliphatic heterocycles. The summed E-state index contributed by atoms with van der Waals surface area (Å²) in [6.45, 7) is 5.49. The fourth-order valence-corrected chi connectivity index (χ4v) is 4.45. The van der Waals surface area contributed by atoms with Crippen LogP contribution in [-0.2, 0) is 4.52 Å². The third-order valence-electron chi connectivity index (χ3n) is 1.32. The first-order valence-electron chi connectivity index (χ1n) is 3.40. The van der Waals surface area contributed by atoms with E-state index in [1.165, 1.54) is 12.6 Å². The summed E-state index contributed by atoms with van der Waals surface area (Å²) >= 11 is 2.03. The summed E-state index contributed by atoms with van der Waals surface area (Å²) in [6, 6.07) is 0. The zero-order valence-corrected chi connectivity index (χ0v) is 7.67. The van der Waals surface area contributed by atoms with Crippen LogP contribution in [0.2, 0.25) is 0 Å². The second-order valence-electron chi connectivity index (χ2n) is 2.19. The van der Waals surface area contributed by atoms with Crippen molar-refractivity contribution in [1.29, 1.82) is 0 Å². The Morgan fingerprint density at radius 2 is 2.56 bits per heavy atom. The van der Waals surface area contributed by atoms with Gasteiger partial charge in [-0.25, -0.2) is 0 Å². The molecule has 0 saturated carbocycles. The zero-order valence-electron chi connectivity index (χ0n) is 5.96. The summed E-state index contributed by atoms with van der Waals surface area (Å²) in [5.41, 5.74) is 0. The lowest BCUT2D eigenvalue weighted by Gasteiger charge is -2.24. The van der Waals surface area contributed by atoms with Crippen molar-refractivity contribution in [1.82, 2.24) is 0 Å². The van der Waals surface area contributed by atoms with Crippen molar-refractivity contribution in [3.63, 3.8) is 0 Å². The summed E-state index contributed by atoms with van der Waals surface area (Å²) < 4.78 is 5.53. The van der Waals surface area contributed by atoms with E-state index in [9.17, 15) is 0 Å². The van der Waals surface area contributed by atoms with Gasteiger partial charge < -0.3 is 4.52 Å². The number of rotatable bonds is 1. The van der Waals surface area contributed by atoms with E-state index in [1.807, 2.05) is 11.4 Å². The van der Waals surface area contributed by atoms with E-state index in [0.717, 1.165) is 11.9 Å². The number of hydrogen-bond acceptors (Lipinski definition) is 2. The highest BCUT2D eigenvalue weighted by Gasteiger charge is 2.17. The van der Waals surface area contributed by atoms with Crippen molar-refractivity contribution in [2.24, 2.45) is 0 Å². The van der Waals surface area contributed by atoms with Crippen LogP contribution >= 0.6 is 18.7 Å². The maximum atomic E-state index is 5.53. The van der Waals surface area contributed by atoms with Crippen LogP contribution in [0.3, 0.4) is 0 Å². The van der Waals surface area contributed by atoms with Gasteiger partial charge in [-0.1, -0.05) is 13.8 Å². The minimum absolute atomic E-state index is 0.0922. The van der Waals surface area contributed by atoms with Gasteiger partial charge in [0.15, 0.2) is 0 Å². The van der Waals surface area contributed by atoms with Gasteiger partial charge in [0.2, 0.25) is 0 Å². The van der Waals surface area contributed by atoms with Crippen LogP contribution in [0.25, 0.3) is 0 Å². The van der Waals surface area contributed by atoms with E-state index in [1.54, 1.807) is 0 Å². The molecule has 1 rings (SSSR count). The molecule has 1 fully saturated rings. The van der Waals surface area contributed by atoms with Gasteiger partial charge in [0.05, 0.1) is 14.0 Å². The largest absolute Gasteiger partial charge is 0.348 e. The molecule has 54 valence electrons. The van der Waals surface area contributed by atoms with Crippen molar-refractivity contribution >= 4 is 18.7 Å². The average molecular weight is 164 g/mol. The Labute approximate surface area is 62.1 Å². The van der Waals surface area contributed by atoms with Crippen LogP contribution in [0.5, 0.6) is 0 Å². The Balaban J connectivity index is 2.23. The number of hydrogen-bond donors (Lipinski definition) is 0. The molecular weight excluding hydrogens is 151 g/mol. The van der Waals surface area contributed by atoms with Crippen LogP contribution < -0.4 is 0 Å². The average Bonchev–Trinajstić information content (AvgIpc) is 1.88. The van der Waals surface area contributed by atoms with Crippen molar-refractivity contribution in [2.45, 2.75) is 25.5 Å². The first-order valence-corrected chi connectivity index (χ1v) is 6.33. The topological polar surface area (TPSA) is 9.23 Å². The summed E-state index contributed by atoms with van der Waals surface area (Å²) in [7, 11) is -0.0922. The smallest absolute Gasteiger partial charge is 0.0886 e. The molecule has 1 aliphatic rings. The lowest BCUT2D eigenvalue weighted by atomic mass is 10.4. The van der Waals surface area contributed by atoms with Crippen molar-refractivity contribution in [3.8, 4) is 0 Å². The van der Waals surface area contributed by atoms with Crippen molar-refractivity contribution in [2.75, 3.05) is 12.8 Å². The zero-order chi connectivity index (χ0) is 6.69. The summed E-state index contributed by atoms with van der Waals surface area (Å²) in [6.07, 6.45) is 2.45. The van der Waals surface area contributed by atoms with Crippen LogP contribution in [0, 0.1) is 0 Å². The standard InChI is InChI=1S/C6H13OPS/c1-3-8-7-5-4-6(2)9-8/h6H,3-5H2,1-2H3. The lowest BCUT2D eigenvalue weighted by Crippen LogP contribution is -2.06. The molecule has 2 atom stereocenters. The molecule has 2 unspecified atom stereocenters. The third-order valence-corrected chi connectivity index (χ3v) is 6.01. The minimum atomic E-state index is -0.0922. The van der Waals surface area contributed by atoms with Gasteiger partial charge in [-0.15, -0.1) is 11.4 Å². The normalized spacial score (nSPS) is 36.7. The van der Waals surface area contributed by atoms with Crippen molar-refractivity contribution < 1.29 is 4.52 Å². The maximum Gasteiger partial charge on any atom is 0.0886 e. The molecule has 0 radical (unpaired) electrons. The van der Waals surface area contributed by atoms with E-state index in [4.69, 9.17) is 4.52 Å². The predicted octanol–water partition coefficient (Wildman–Crippen LogP) is 2.86. The molecule has 0 bridgehead atoms. The monoisotopic (exact) mass is 164 g/mol. The van der Waals surface area contributed by atoms with Crippen LogP contribution in [0.4, 0.5) is 0 Å². The summed E-state index contributed by atoms with van der Waals surface area (Å²) in [5.74, 6) is 0. The molecule has 0 amide bonds. The second-order valence-corrected chi connectivity index (χ2v) is 6.61. The molecule has 1 saturated heterocycles. The van der Waals surface area contributed by atoms with Crippen molar-refractivity contribution in [3.05, 3.63) is 0 Å². The first kappa shape index (κ1) is 7.84. The van der Waals surface area contributed by atoms with E-state index in [-0.39, 0.29) is 7.35 Å². The van der Waals surface area contributed by atoms with Gasteiger partial charge >= 0.3 is 0 Å². The Morgan fingerprint density at radius 1 is 1.78 bits per heavy atom. The fourth-order valence-electron chi connectivity index (χ4n) is 0.770. The Morgan fingerprint density at radius 3 is 3.00 bits per heavy atom. The lowest BCUT2D eigenvalue weighted by molar-refractivity contribution is 0.346. The molecule has 0 aromatic carbocycles. The highest BCUT2D eigenvalue weighted by molar-refractivity contribution is 8.54. The molecule has 9 heavy (non-hydrogen) atoms. The van der Waals surface area contributed by atoms with E-state index >= 15 is 0 Å². The minimum Gasteiger partial charge on any atom is -0.348 e. The van der Waals surface area contributed by atoms with Gasteiger partial charge in [0.25, 0.3) is 0 Å². The van der Waals surface area contributed by atoms with E-state index in [0.29, 0.717) is 0 Å². The highest BCUT2D eigenvalue weighted by Crippen LogP contribution is 2.55. The molecule has 0 aliphatic carbocycles. The van der Waals surface area contributed by atoms with Gasteiger partial charge in [-0.3, -0.25) is 0 Å². The molecular formula is C6H13OPS. The van der Waals surface area contributed by atoms with Gasteiger partial charge in [0, 0.05) is 5.25 Å². The molecule has 0 spiro atoms. The second kappa shape index (κ2) is 3.80. The van der Waals surface area contributed by atoms with Gasteiger partial charge in [-0.05, 0) is 12.6 Å². The third kappa shape index (κ3) is 2.45. The van der Waals surface area contributed by atoms with E-state index < -0.39 is 0 Å². The Hall–Kier alpha value is 0.740. The summed E-state index contributed by atoms with van der Waals surface area (Å²) in [4.78, 5) is 0. The SMILES string of the molecule is CCP1OCCC(C)S1. The molecule has 0 aromatic rings. The quantitative estimate of drug-likeness (QED) is 0.551. The Kier molecular flexibility index (Phi) is 3.31. The highest BCUT2D eigenvalue weighted by atomic mass is 32.7. The molecule has 0 aromatic heterocycles.